The molecule has 2 unspecified atom stereocenters. The zero-order valence-corrected chi connectivity index (χ0v) is 31.0. The summed E-state index contributed by atoms with van der Waals surface area (Å²) in [6.45, 7) is 9.81. The van der Waals surface area contributed by atoms with E-state index in [0.29, 0.717) is 0 Å². The molecule has 0 aliphatic heterocycles. The van der Waals surface area contributed by atoms with Gasteiger partial charge >= 0.3 is 0 Å². The minimum Gasteiger partial charge on any atom is -0.457 e. The highest BCUT2D eigenvalue weighted by atomic mass is 28.3. The molecular formula is C44H46O3Si2. The molecule has 0 spiro atoms. The largest absolute Gasteiger partial charge is 0.457 e. The molecule has 5 heteroatoms. The Bertz CT molecular complexity index is 1750. The Kier molecular flexibility index (Phi) is 10.9. The molecule has 0 aliphatic rings. The quantitative estimate of drug-likeness (QED) is 0.107. The van der Waals surface area contributed by atoms with Gasteiger partial charge in [-0.25, -0.2) is 0 Å². The van der Waals surface area contributed by atoms with Crippen molar-refractivity contribution < 1.29 is 14.2 Å². The fourth-order valence-corrected chi connectivity index (χ4v) is 11.6. The van der Waals surface area contributed by atoms with Crippen molar-refractivity contribution in [3.8, 4) is 23.0 Å². The smallest absolute Gasteiger partial charge is 0.127 e. The summed E-state index contributed by atoms with van der Waals surface area (Å²) in [5, 5.41) is 2.85. The van der Waals surface area contributed by atoms with Gasteiger partial charge in [0.1, 0.15) is 23.0 Å². The second-order valence-electron chi connectivity index (χ2n) is 14.0. The first kappa shape index (κ1) is 34.2. The predicted molar refractivity (Wildman–Crippen MR) is 209 cm³/mol. The second-order valence-corrected chi connectivity index (χ2v) is 23.5. The van der Waals surface area contributed by atoms with Gasteiger partial charge in [-0.2, -0.15) is 0 Å². The lowest BCUT2D eigenvalue weighted by Gasteiger charge is -2.35. The highest BCUT2D eigenvalue weighted by Crippen LogP contribution is 2.39. The lowest BCUT2D eigenvalue weighted by molar-refractivity contribution is 0.00456. The van der Waals surface area contributed by atoms with Crippen LogP contribution >= 0.6 is 0 Å². The summed E-state index contributed by atoms with van der Waals surface area (Å²) in [4.78, 5) is 0. The van der Waals surface area contributed by atoms with Gasteiger partial charge in [-0.3, -0.25) is 0 Å². The second kappa shape index (κ2) is 15.7. The Morgan fingerprint density at radius 1 is 0.388 bits per heavy atom. The van der Waals surface area contributed by atoms with Crippen molar-refractivity contribution in [3.63, 3.8) is 0 Å². The number of hydrogen-bond donors (Lipinski definition) is 0. The molecule has 0 bridgehead atoms. The van der Waals surface area contributed by atoms with Crippen LogP contribution in [0.3, 0.4) is 0 Å². The number of rotatable bonds is 14. The van der Waals surface area contributed by atoms with E-state index in [9.17, 15) is 0 Å². The molecule has 248 valence electrons. The molecule has 0 radical (unpaired) electrons. The molecule has 0 aromatic heterocycles. The minimum atomic E-state index is -1.95. The summed E-state index contributed by atoms with van der Waals surface area (Å²) in [7, 11) is -3.90. The van der Waals surface area contributed by atoms with Crippen LogP contribution in [0.25, 0.3) is 0 Å². The Labute approximate surface area is 294 Å². The molecule has 0 saturated carbocycles. The van der Waals surface area contributed by atoms with E-state index < -0.39 is 16.1 Å². The lowest BCUT2D eigenvalue weighted by atomic mass is 10.1. The van der Waals surface area contributed by atoms with Crippen molar-refractivity contribution in [2.24, 2.45) is 0 Å². The normalized spacial score (nSPS) is 13.0. The van der Waals surface area contributed by atoms with E-state index >= 15 is 0 Å². The van der Waals surface area contributed by atoms with Crippen molar-refractivity contribution in [2.75, 3.05) is 0 Å². The number of benzene rings is 6. The van der Waals surface area contributed by atoms with E-state index in [0.717, 1.165) is 46.2 Å². The van der Waals surface area contributed by atoms with Crippen molar-refractivity contribution in [1.29, 1.82) is 0 Å². The first-order valence-electron chi connectivity index (χ1n) is 17.2. The Morgan fingerprint density at radius 2 is 0.714 bits per heavy atom. The summed E-state index contributed by atoms with van der Waals surface area (Å²) in [6.07, 6.45) is -0.295. The van der Waals surface area contributed by atoms with E-state index in [-0.39, 0.29) is 12.2 Å². The van der Waals surface area contributed by atoms with Gasteiger partial charge in [0.05, 0.1) is 28.4 Å². The Hall–Kier alpha value is -4.69. The maximum Gasteiger partial charge on any atom is 0.127 e. The van der Waals surface area contributed by atoms with Gasteiger partial charge < -0.3 is 14.2 Å². The molecule has 6 aromatic rings. The van der Waals surface area contributed by atoms with Crippen LogP contribution in [0.15, 0.2) is 170 Å². The zero-order chi connectivity index (χ0) is 34.1. The predicted octanol–water partition coefficient (Wildman–Crippen LogP) is 11.3. The van der Waals surface area contributed by atoms with Crippen LogP contribution in [0.5, 0.6) is 23.0 Å². The molecule has 0 fully saturated rings. The molecule has 0 saturated heterocycles. The molecule has 0 heterocycles. The molecule has 6 rings (SSSR count). The summed E-state index contributed by atoms with van der Waals surface area (Å²) in [6, 6.07) is 60.7. The van der Waals surface area contributed by atoms with Crippen LogP contribution in [0.4, 0.5) is 0 Å². The van der Waals surface area contributed by atoms with Crippen molar-refractivity contribution in [3.05, 3.63) is 181 Å². The third-order valence-electron chi connectivity index (χ3n) is 9.25. The van der Waals surface area contributed by atoms with Crippen LogP contribution in [-0.2, 0) is 4.74 Å². The van der Waals surface area contributed by atoms with Crippen LogP contribution in [0.1, 0.15) is 23.3 Å². The summed E-state index contributed by atoms with van der Waals surface area (Å²) in [5.74, 6) is 3.26. The average molecular weight is 679 g/mol. The highest BCUT2D eigenvalue weighted by Gasteiger charge is 2.34. The molecule has 0 N–H and O–H groups in total. The molecular weight excluding hydrogens is 633 g/mol. The standard InChI is InChI=1S/C44H46O3Si2/c1-48(2,41-27-13-7-14-28-41)33-43(35-19-17-25-39(31-35)45-37-21-9-5-10-22-37)47-44(34-49(3,4)42-29-15-8-16-30-42)36-20-18-26-40(32-36)46-38-23-11-6-12-24-38/h5-32,43-44H,33-34H2,1-4H3. The average Bonchev–Trinajstić information content (AvgIpc) is 3.13. The van der Waals surface area contributed by atoms with Crippen molar-refractivity contribution in [1.82, 2.24) is 0 Å². The SMILES string of the molecule is C[Si](C)(CC(OC(C[Si](C)(C)c1ccccc1)c1cccc(Oc2ccccc2)c1)c1cccc(Oc2ccccc2)c1)c1ccccc1. The molecule has 0 aliphatic carbocycles. The number of ether oxygens (including phenoxy) is 3. The van der Waals surface area contributed by atoms with Gasteiger partial charge in [0.15, 0.2) is 0 Å². The van der Waals surface area contributed by atoms with E-state index in [2.05, 4.69) is 123 Å². The fourth-order valence-electron chi connectivity index (χ4n) is 6.43. The first-order chi connectivity index (χ1) is 23.7. The molecule has 3 nitrogen and oxygen atoms in total. The molecule has 6 aromatic carbocycles. The topological polar surface area (TPSA) is 27.7 Å². The van der Waals surface area contributed by atoms with Gasteiger partial charge in [-0.1, -0.05) is 158 Å². The number of hydrogen-bond acceptors (Lipinski definition) is 3. The third kappa shape index (κ3) is 9.27. The van der Waals surface area contributed by atoms with E-state index in [1.54, 1.807) is 0 Å². The summed E-state index contributed by atoms with van der Waals surface area (Å²) in [5.41, 5.74) is 2.26. The fraction of sp³-hybridized carbons (Fsp3) is 0.182. The Balaban J connectivity index is 1.39. The third-order valence-corrected chi connectivity index (χ3v) is 15.8. The van der Waals surface area contributed by atoms with Crippen LogP contribution in [-0.4, -0.2) is 16.1 Å². The van der Waals surface area contributed by atoms with Gasteiger partial charge in [0, 0.05) is 0 Å². The molecule has 49 heavy (non-hydrogen) atoms. The first-order valence-corrected chi connectivity index (χ1v) is 23.6. The lowest BCUT2D eigenvalue weighted by Crippen LogP contribution is -2.44. The van der Waals surface area contributed by atoms with Gasteiger partial charge in [0.25, 0.3) is 0 Å². The maximum absolute atomic E-state index is 7.51. The van der Waals surface area contributed by atoms with Gasteiger partial charge in [-0.15, -0.1) is 0 Å². The summed E-state index contributed by atoms with van der Waals surface area (Å²) < 4.78 is 20.2. The maximum atomic E-state index is 7.51. The monoisotopic (exact) mass is 678 g/mol. The van der Waals surface area contributed by atoms with Gasteiger partial charge in [0.2, 0.25) is 0 Å². The van der Waals surface area contributed by atoms with Crippen molar-refractivity contribution in [2.45, 2.75) is 50.5 Å². The highest BCUT2D eigenvalue weighted by molar-refractivity contribution is 6.90. The zero-order valence-electron chi connectivity index (χ0n) is 29.0. The molecule has 2 atom stereocenters. The van der Waals surface area contributed by atoms with E-state index in [1.165, 1.54) is 10.4 Å². The van der Waals surface area contributed by atoms with Crippen LogP contribution < -0.4 is 19.8 Å². The Morgan fingerprint density at radius 3 is 1.08 bits per heavy atom. The van der Waals surface area contributed by atoms with Crippen LogP contribution in [0.2, 0.25) is 38.3 Å². The minimum absolute atomic E-state index is 0.148. The van der Waals surface area contributed by atoms with Gasteiger partial charge in [-0.05, 0) is 71.7 Å². The van der Waals surface area contributed by atoms with E-state index in [1.807, 2.05) is 72.8 Å². The number of para-hydroxylation sites is 2. The van der Waals surface area contributed by atoms with Crippen molar-refractivity contribution >= 4 is 26.5 Å². The summed E-state index contributed by atoms with van der Waals surface area (Å²) >= 11 is 0. The van der Waals surface area contributed by atoms with E-state index in [4.69, 9.17) is 14.2 Å². The van der Waals surface area contributed by atoms with Crippen LogP contribution in [0, 0.1) is 0 Å². The molecule has 0 amide bonds.